The summed E-state index contributed by atoms with van der Waals surface area (Å²) in [4.78, 5) is 23.5. The Labute approximate surface area is 109 Å². The lowest BCUT2D eigenvalue weighted by atomic mass is 9.96. The van der Waals surface area contributed by atoms with Crippen molar-refractivity contribution in [3.8, 4) is 0 Å². The largest absolute Gasteiger partial charge is 0.299 e. The number of hydrogen-bond acceptors (Lipinski definition) is 2. The summed E-state index contributed by atoms with van der Waals surface area (Å²) in [6, 6.07) is 7.63. The van der Waals surface area contributed by atoms with Crippen LogP contribution in [-0.2, 0) is 11.2 Å². The molecule has 0 saturated carbocycles. The summed E-state index contributed by atoms with van der Waals surface area (Å²) in [6.07, 6.45) is 1.27. The van der Waals surface area contributed by atoms with Gasteiger partial charge >= 0.3 is 0 Å². The Kier molecular flexibility index (Phi) is 5.26. The second kappa shape index (κ2) is 6.48. The Morgan fingerprint density at radius 3 is 2.28 bits per heavy atom. The highest BCUT2D eigenvalue weighted by Crippen LogP contribution is 2.13. The molecule has 18 heavy (non-hydrogen) atoms. The highest BCUT2D eigenvalue weighted by molar-refractivity contribution is 5.97. The van der Waals surface area contributed by atoms with E-state index in [4.69, 9.17) is 0 Å². The topological polar surface area (TPSA) is 34.1 Å². The third-order valence-corrected chi connectivity index (χ3v) is 3.04. The molecule has 98 valence electrons. The van der Waals surface area contributed by atoms with Gasteiger partial charge in [-0.15, -0.1) is 0 Å². The van der Waals surface area contributed by atoms with Gasteiger partial charge in [0.25, 0.3) is 0 Å². The van der Waals surface area contributed by atoms with Crippen molar-refractivity contribution in [3.05, 3.63) is 35.4 Å². The molecule has 2 nitrogen and oxygen atoms in total. The number of aryl methyl sites for hydroxylation is 1. The lowest BCUT2D eigenvalue weighted by Crippen LogP contribution is -2.09. The summed E-state index contributed by atoms with van der Waals surface area (Å²) in [5.41, 5.74) is 1.81. The number of Topliss-reactive ketones (excluding diaryl/α,β-unsaturated/α-hetero) is 2. The van der Waals surface area contributed by atoms with Crippen LogP contribution in [0.1, 0.15) is 50.0 Å². The average molecular weight is 246 g/mol. The number of benzene rings is 1. The van der Waals surface area contributed by atoms with E-state index in [1.54, 1.807) is 0 Å². The minimum atomic E-state index is 0.0116. The number of rotatable bonds is 6. The van der Waals surface area contributed by atoms with Gasteiger partial charge in [0.1, 0.15) is 5.78 Å². The molecule has 0 aliphatic carbocycles. The van der Waals surface area contributed by atoms with E-state index in [0.29, 0.717) is 6.42 Å². The number of hydrogen-bond donors (Lipinski definition) is 0. The van der Waals surface area contributed by atoms with Crippen molar-refractivity contribution in [3.63, 3.8) is 0 Å². The van der Waals surface area contributed by atoms with Crippen LogP contribution >= 0.6 is 0 Å². The molecular weight excluding hydrogens is 224 g/mol. The first-order chi connectivity index (χ1) is 8.41. The Morgan fingerprint density at radius 2 is 1.72 bits per heavy atom. The molecule has 0 atom stereocenters. The maximum atomic E-state index is 11.9. The van der Waals surface area contributed by atoms with Crippen molar-refractivity contribution < 1.29 is 9.59 Å². The molecule has 0 unspecified atom stereocenters. The molecule has 2 heteroatoms. The third kappa shape index (κ3) is 4.10. The van der Waals surface area contributed by atoms with Gasteiger partial charge in [0.2, 0.25) is 0 Å². The van der Waals surface area contributed by atoms with Gasteiger partial charge < -0.3 is 0 Å². The second-order valence-corrected chi connectivity index (χ2v) is 5.34. The van der Waals surface area contributed by atoms with E-state index in [-0.39, 0.29) is 23.4 Å². The molecule has 0 fully saturated rings. The zero-order valence-electron chi connectivity index (χ0n) is 11.7. The van der Waals surface area contributed by atoms with Crippen molar-refractivity contribution in [2.24, 2.45) is 11.8 Å². The van der Waals surface area contributed by atoms with E-state index in [9.17, 15) is 9.59 Å². The van der Waals surface area contributed by atoms with Crippen molar-refractivity contribution in [1.82, 2.24) is 0 Å². The molecule has 0 spiro atoms. The summed E-state index contributed by atoms with van der Waals surface area (Å²) < 4.78 is 0. The van der Waals surface area contributed by atoms with Crippen molar-refractivity contribution in [2.45, 2.75) is 40.5 Å². The summed E-state index contributed by atoms with van der Waals surface area (Å²) in [6.45, 7) is 7.64. The monoisotopic (exact) mass is 246 g/mol. The average Bonchev–Trinajstić information content (AvgIpc) is 2.35. The summed E-state index contributed by atoms with van der Waals surface area (Å²) in [5.74, 6) is 0.533. The van der Waals surface area contributed by atoms with Crippen LogP contribution in [0.3, 0.4) is 0 Å². The van der Waals surface area contributed by atoms with Crippen LogP contribution in [0.25, 0.3) is 0 Å². The minimum Gasteiger partial charge on any atom is -0.299 e. The van der Waals surface area contributed by atoms with Gasteiger partial charge in [0, 0.05) is 23.8 Å². The Morgan fingerprint density at radius 1 is 1.06 bits per heavy atom. The van der Waals surface area contributed by atoms with Gasteiger partial charge in [-0.25, -0.2) is 0 Å². The van der Waals surface area contributed by atoms with Crippen molar-refractivity contribution in [1.29, 1.82) is 0 Å². The van der Waals surface area contributed by atoms with Gasteiger partial charge in [0.05, 0.1) is 0 Å². The van der Waals surface area contributed by atoms with Crippen LogP contribution in [-0.4, -0.2) is 11.6 Å². The molecule has 0 aromatic heterocycles. The third-order valence-electron chi connectivity index (χ3n) is 3.04. The molecular formula is C16H22O2. The number of ketones is 2. The molecule has 1 rings (SSSR count). The van der Waals surface area contributed by atoms with Gasteiger partial charge in [-0.1, -0.05) is 45.9 Å². The molecule has 0 heterocycles. The fourth-order valence-corrected chi connectivity index (χ4v) is 1.77. The first kappa shape index (κ1) is 14.6. The first-order valence-corrected chi connectivity index (χ1v) is 6.57. The second-order valence-electron chi connectivity index (χ2n) is 5.34. The van der Waals surface area contributed by atoms with E-state index in [2.05, 4.69) is 0 Å². The zero-order chi connectivity index (χ0) is 13.7. The predicted octanol–water partition coefficient (Wildman–Crippen LogP) is 3.68. The quantitative estimate of drug-likeness (QED) is 0.717. The molecule has 0 aliphatic heterocycles. The number of carbonyl (C=O) groups is 2. The summed E-state index contributed by atoms with van der Waals surface area (Å²) in [7, 11) is 0. The molecule has 0 amide bonds. The Bertz CT molecular complexity index is 430. The zero-order valence-corrected chi connectivity index (χ0v) is 11.7. The lowest BCUT2D eigenvalue weighted by molar-refractivity contribution is -0.121. The molecule has 1 aromatic rings. The van der Waals surface area contributed by atoms with Crippen LogP contribution in [0.2, 0.25) is 0 Å². The minimum absolute atomic E-state index is 0.0116. The normalized spacial score (nSPS) is 11.0. The molecule has 0 N–H and O–H groups in total. The summed E-state index contributed by atoms with van der Waals surface area (Å²) >= 11 is 0. The molecule has 0 bridgehead atoms. The molecule has 0 saturated heterocycles. The van der Waals surface area contributed by atoms with E-state index in [0.717, 1.165) is 17.5 Å². The standard InChI is InChI=1S/C16H22O2/c1-11(2)15(17)9-8-13-6-5-7-14(10-13)16(18)12(3)4/h5-7,10-12H,8-9H2,1-4H3. The van der Waals surface area contributed by atoms with E-state index in [1.807, 2.05) is 52.0 Å². The van der Waals surface area contributed by atoms with Crippen LogP contribution in [0.15, 0.2) is 24.3 Å². The van der Waals surface area contributed by atoms with Crippen LogP contribution in [0.4, 0.5) is 0 Å². The molecule has 1 aromatic carbocycles. The van der Waals surface area contributed by atoms with Gasteiger partial charge in [-0.3, -0.25) is 9.59 Å². The van der Waals surface area contributed by atoms with Gasteiger partial charge in [0.15, 0.2) is 5.78 Å². The SMILES string of the molecule is CC(C)C(=O)CCc1cccc(C(=O)C(C)C)c1. The highest BCUT2D eigenvalue weighted by Gasteiger charge is 2.11. The van der Waals surface area contributed by atoms with E-state index < -0.39 is 0 Å². The van der Waals surface area contributed by atoms with Crippen molar-refractivity contribution >= 4 is 11.6 Å². The smallest absolute Gasteiger partial charge is 0.165 e. The maximum Gasteiger partial charge on any atom is 0.165 e. The fraction of sp³-hybridized carbons (Fsp3) is 0.500. The first-order valence-electron chi connectivity index (χ1n) is 6.57. The van der Waals surface area contributed by atoms with E-state index in [1.165, 1.54) is 0 Å². The summed E-state index contributed by atoms with van der Waals surface area (Å²) in [5, 5.41) is 0. The highest BCUT2D eigenvalue weighted by atomic mass is 16.1. The van der Waals surface area contributed by atoms with Crippen molar-refractivity contribution in [2.75, 3.05) is 0 Å². The van der Waals surface area contributed by atoms with Crippen LogP contribution in [0.5, 0.6) is 0 Å². The van der Waals surface area contributed by atoms with Gasteiger partial charge in [-0.05, 0) is 18.1 Å². The maximum absolute atomic E-state index is 11.9. The van der Waals surface area contributed by atoms with E-state index >= 15 is 0 Å². The predicted molar refractivity (Wildman–Crippen MR) is 73.8 cm³/mol. The molecule has 0 aliphatic rings. The van der Waals surface area contributed by atoms with Crippen LogP contribution in [0, 0.1) is 11.8 Å². The Balaban J connectivity index is 2.71. The van der Waals surface area contributed by atoms with Crippen LogP contribution < -0.4 is 0 Å². The molecule has 0 radical (unpaired) electrons. The number of carbonyl (C=O) groups excluding carboxylic acids is 2. The van der Waals surface area contributed by atoms with Gasteiger partial charge in [-0.2, -0.15) is 0 Å². The lowest BCUT2D eigenvalue weighted by Gasteiger charge is -2.07. The Hall–Kier alpha value is -1.44. The fourth-order valence-electron chi connectivity index (χ4n) is 1.77.